The van der Waals surface area contributed by atoms with Crippen molar-refractivity contribution in [2.75, 3.05) is 11.9 Å². The van der Waals surface area contributed by atoms with Crippen LogP contribution in [0, 0.1) is 6.92 Å². The topological polar surface area (TPSA) is 82.2 Å². The molecule has 0 saturated heterocycles. The number of rotatable bonds is 4. The van der Waals surface area contributed by atoms with Gasteiger partial charge in [0.15, 0.2) is 5.82 Å². The molecule has 0 unspecified atom stereocenters. The van der Waals surface area contributed by atoms with Crippen molar-refractivity contribution in [3.63, 3.8) is 0 Å². The van der Waals surface area contributed by atoms with Gasteiger partial charge in [-0.2, -0.15) is 4.98 Å². The van der Waals surface area contributed by atoms with Crippen LogP contribution in [0.3, 0.4) is 0 Å². The van der Waals surface area contributed by atoms with Gasteiger partial charge < -0.3 is 14.5 Å². The Hall–Kier alpha value is -3.35. The molecular formula is C20H20N4O3. The number of benzene rings is 1. The maximum absolute atomic E-state index is 12.7. The zero-order valence-electron chi connectivity index (χ0n) is 15.4. The van der Waals surface area contributed by atoms with E-state index in [2.05, 4.69) is 15.4 Å². The summed E-state index contributed by atoms with van der Waals surface area (Å²) in [4.78, 5) is 17.3. The van der Waals surface area contributed by atoms with E-state index in [9.17, 15) is 4.79 Å². The van der Waals surface area contributed by atoms with Gasteiger partial charge in [-0.1, -0.05) is 30.3 Å². The minimum atomic E-state index is -0.543. The van der Waals surface area contributed by atoms with Crippen LogP contribution in [0.2, 0.25) is 0 Å². The summed E-state index contributed by atoms with van der Waals surface area (Å²) in [6, 6.07) is 12.9. The first-order valence-corrected chi connectivity index (χ1v) is 8.81. The van der Waals surface area contributed by atoms with Crippen LogP contribution in [0.25, 0.3) is 11.4 Å². The van der Waals surface area contributed by atoms with E-state index in [1.165, 1.54) is 0 Å². The lowest BCUT2D eigenvalue weighted by Gasteiger charge is -2.26. The smallest absolute Gasteiger partial charge is 0.338 e. The van der Waals surface area contributed by atoms with E-state index in [4.69, 9.17) is 9.15 Å². The standard InChI is InChI=1S/C20H20N4O3/c1-4-26-19(25)16-13(3)21-20-22-18(14-8-6-5-7-9-14)23-24(20)17(16)15-11-10-12(2)27-15/h5-11,17H,4H2,1-3H3,(H,21,22,23)/t17-/m1/s1. The molecule has 1 aromatic carbocycles. The lowest BCUT2D eigenvalue weighted by atomic mass is 10.0. The van der Waals surface area contributed by atoms with Gasteiger partial charge in [-0.05, 0) is 32.9 Å². The van der Waals surface area contributed by atoms with Crippen LogP contribution in [0.5, 0.6) is 0 Å². The summed E-state index contributed by atoms with van der Waals surface area (Å²) in [5, 5.41) is 7.83. The Morgan fingerprint density at radius 3 is 2.67 bits per heavy atom. The molecule has 2 aromatic heterocycles. The first-order chi connectivity index (χ1) is 13.1. The summed E-state index contributed by atoms with van der Waals surface area (Å²) in [6.45, 7) is 5.77. The highest BCUT2D eigenvalue weighted by Crippen LogP contribution is 2.37. The van der Waals surface area contributed by atoms with Crippen molar-refractivity contribution >= 4 is 11.9 Å². The highest BCUT2D eigenvalue weighted by molar-refractivity contribution is 5.92. The number of fused-ring (bicyclic) bond motifs is 1. The molecule has 0 fully saturated rings. The van der Waals surface area contributed by atoms with Gasteiger partial charge in [0.1, 0.15) is 17.6 Å². The van der Waals surface area contributed by atoms with Gasteiger partial charge in [-0.25, -0.2) is 9.48 Å². The third-order valence-electron chi connectivity index (χ3n) is 4.41. The molecule has 1 atom stereocenters. The Bertz CT molecular complexity index is 1020. The quantitative estimate of drug-likeness (QED) is 0.711. The molecule has 0 radical (unpaired) electrons. The molecule has 0 amide bonds. The molecule has 7 heteroatoms. The van der Waals surface area contributed by atoms with Crippen molar-refractivity contribution in [1.82, 2.24) is 14.8 Å². The van der Waals surface area contributed by atoms with Crippen molar-refractivity contribution in [2.45, 2.75) is 26.8 Å². The number of anilines is 1. The number of ether oxygens (including phenoxy) is 1. The highest BCUT2D eigenvalue weighted by atomic mass is 16.5. The van der Waals surface area contributed by atoms with Gasteiger partial charge in [0.25, 0.3) is 0 Å². The van der Waals surface area contributed by atoms with Crippen molar-refractivity contribution in [1.29, 1.82) is 0 Å². The first kappa shape index (κ1) is 17.1. The molecule has 3 heterocycles. The normalized spacial score (nSPS) is 16.0. The van der Waals surface area contributed by atoms with E-state index in [1.54, 1.807) is 11.6 Å². The molecule has 4 rings (SSSR count). The lowest BCUT2D eigenvalue weighted by Crippen LogP contribution is -2.29. The number of hydrogen-bond acceptors (Lipinski definition) is 6. The van der Waals surface area contributed by atoms with Crippen molar-refractivity contribution in [3.05, 3.63) is 65.3 Å². The van der Waals surface area contributed by atoms with Crippen molar-refractivity contribution in [2.24, 2.45) is 0 Å². The van der Waals surface area contributed by atoms with Crippen LogP contribution in [0.1, 0.15) is 31.4 Å². The second kappa shape index (κ2) is 6.75. The van der Waals surface area contributed by atoms with Gasteiger partial charge in [-0.3, -0.25) is 0 Å². The molecule has 0 spiro atoms. The molecule has 0 saturated carbocycles. The minimum Gasteiger partial charge on any atom is -0.464 e. The number of carbonyl (C=O) groups is 1. The maximum atomic E-state index is 12.7. The molecule has 0 bridgehead atoms. The Morgan fingerprint density at radius 2 is 2.00 bits per heavy atom. The molecular weight excluding hydrogens is 344 g/mol. The van der Waals surface area contributed by atoms with Crippen molar-refractivity contribution < 1.29 is 13.9 Å². The fraction of sp³-hybridized carbons (Fsp3) is 0.250. The molecule has 1 aliphatic heterocycles. The lowest BCUT2D eigenvalue weighted by molar-refractivity contribution is -0.139. The highest BCUT2D eigenvalue weighted by Gasteiger charge is 2.37. The summed E-state index contributed by atoms with van der Waals surface area (Å²) in [7, 11) is 0. The predicted molar refractivity (Wildman–Crippen MR) is 100.0 cm³/mol. The van der Waals surface area contributed by atoms with Crippen LogP contribution in [0.15, 0.2) is 58.2 Å². The minimum absolute atomic E-state index is 0.291. The first-order valence-electron chi connectivity index (χ1n) is 8.81. The SMILES string of the molecule is CCOC(=O)C1=C(C)Nc2nc(-c3ccccc3)nn2[C@@H]1c1ccc(C)o1. The summed E-state index contributed by atoms with van der Waals surface area (Å²) in [5.74, 6) is 2.10. The van der Waals surface area contributed by atoms with Gasteiger partial charge in [0.2, 0.25) is 5.95 Å². The van der Waals surface area contributed by atoms with E-state index in [0.717, 1.165) is 11.3 Å². The number of allylic oxidation sites excluding steroid dienone is 1. The third kappa shape index (κ3) is 3.01. The number of esters is 1. The fourth-order valence-electron chi connectivity index (χ4n) is 3.20. The largest absolute Gasteiger partial charge is 0.464 e. The van der Waals surface area contributed by atoms with Crippen LogP contribution in [-0.4, -0.2) is 27.3 Å². The van der Waals surface area contributed by atoms with Gasteiger partial charge in [-0.15, -0.1) is 5.10 Å². The fourth-order valence-corrected chi connectivity index (χ4v) is 3.20. The second-order valence-corrected chi connectivity index (χ2v) is 6.30. The number of nitrogens with zero attached hydrogens (tertiary/aromatic N) is 3. The number of hydrogen-bond donors (Lipinski definition) is 1. The van der Waals surface area contributed by atoms with Crippen molar-refractivity contribution in [3.8, 4) is 11.4 Å². The van der Waals surface area contributed by atoms with E-state index >= 15 is 0 Å². The molecule has 27 heavy (non-hydrogen) atoms. The Kier molecular flexibility index (Phi) is 4.27. The van der Waals surface area contributed by atoms with Crippen LogP contribution < -0.4 is 5.32 Å². The average Bonchev–Trinajstić information content (AvgIpc) is 3.27. The molecule has 138 valence electrons. The Labute approximate surface area is 156 Å². The van der Waals surface area contributed by atoms with Gasteiger partial charge in [0.05, 0.1) is 12.2 Å². The Balaban J connectivity index is 1.85. The zero-order valence-corrected chi connectivity index (χ0v) is 15.4. The van der Waals surface area contributed by atoms with Crippen LogP contribution in [-0.2, 0) is 9.53 Å². The molecule has 1 N–H and O–H groups in total. The van der Waals surface area contributed by atoms with Gasteiger partial charge in [0, 0.05) is 11.3 Å². The van der Waals surface area contributed by atoms with Gasteiger partial charge >= 0.3 is 5.97 Å². The average molecular weight is 364 g/mol. The number of aromatic nitrogens is 3. The van der Waals surface area contributed by atoms with E-state index < -0.39 is 12.0 Å². The number of carbonyl (C=O) groups excluding carboxylic acids is 1. The number of aryl methyl sites for hydroxylation is 1. The number of furan rings is 1. The third-order valence-corrected chi connectivity index (χ3v) is 4.41. The van der Waals surface area contributed by atoms with Crippen LogP contribution in [0.4, 0.5) is 5.95 Å². The summed E-state index contributed by atoms with van der Waals surface area (Å²) in [6.07, 6.45) is 0. The molecule has 3 aromatic rings. The molecule has 0 aliphatic carbocycles. The number of nitrogens with one attached hydrogen (secondary N) is 1. The maximum Gasteiger partial charge on any atom is 0.338 e. The summed E-state index contributed by atoms with van der Waals surface area (Å²) in [5.41, 5.74) is 2.03. The summed E-state index contributed by atoms with van der Waals surface area (Å²) < 4.78 is 12.8. The van der Waals surface area contributed by atoms with Crippen LogP contribution >= 0.6 is 0 Å². The monoisotopic (exact) mass is 364 g/mol. The molecule has 1 aliphatic rings. The Morgan fingerprint density at radius 1 is 1.22 bits per heavy atom. The zero-order chi connectivity index (χ0) is 19.0. The molecule has 7 nitrogen and oxygen atoms in total. The second-order valence-electron chi connectivity index (χ2n) is 6.30. The van der Waals surface area contributed by atoms with E-state index in [-0.39, 0.29) is 0 Å². The van der Waals surface area contributed by atoms with E-state index in [1.807, 2.05) is 56.3 Å². The summed E-state index contributed by atoms with van der Waals surface area (Å²) >= 11 is 0. The van der Waals surface area contributed by atoms with E-state index in [0.29, 0.717) is 35.4 Å². The predicted octanol–water partition coefficient (Wildman–Crippen LogP) is 3.70.